The van der Waals surface area contributed by atoms with E-state index >= 15 is 0 Å². The minimum Gasteiger partial charge on any atom is -0.504 e. The van der Waals surface area contributed by atoms with E-state index in [1.165, 1.54) is 25.0 Å². The number of benzene rings is 2. The molecule has 2 fully saturated rings. The van der Waals surface area contributed by atoms with Crippen LogP contribution in [0.15, 0.2) is 36.4 Å². The fourth-order valence-corrected chi connectivity index (χ4v) is 15.1. The van der Waals surface area contributed by atoms with Crippen LogP contribution in [0.4, 0.5) is 0 Å². The third kappa shape index (κ3) is 6.98. The van der Waals surface area contributed by atoms with Gasteiger partial charge in [0.25, 0.3) is 0 Å². The summed E-state index contributed by atoms with van der Waals surface area (Å²) in [6.07, 6.45) is 13.1. The molecular formula is C48H60N6O8S2. The number of rotatable bonds is 15. The summed E-state index contributed by atoms with van der Waals surface area (Å²) < 4.78 is 13.2. The lowest BCUT2D eigenvalue weighted by Crippen LogP contribution is -2.66. The molecule has 2 spiro atoms. The highest BCUT2D eigenvalue weighted by atomic mass is 33.1. The fourth-order valence-electron chi connectivity index (χ4n) is 13.3. The van der Waals surface area contributed by atoms with Gasteiger partial charge in [0.2, 0.25) is 23.6 Å². The van der Waals surface area contributed by atoms with E-state index in [1.807, 2.05) is 0 Å². The Balaban J connectivity index is 0.681. The summed E-state index contributed by atoms with van der Waals surface area (Å²) in [6, 6.07) is 3.54. The van der Waals surface area contributed by atoms with Crippen LogP contribution < -0.4 is 30.7 Å². The van der Waals surface area contributed by atoms with Gasteiger partial charge in [0.1, 0.15) is 12.2 Å². The number of likely N-dealkylation sites (tertiary alicyclic amines) is 2. The molecule has 4 heterocycles. The van der Waals surface area contributed by atoms with Gasteiger partial charge in [-0.25, -0.2) is 0 Å². The van der Waals surface area contributed by atoms with Crippen molar-refractivity contribution in [2.24, 2.45) is 11.8 Å². The van der Waals surface area contributed by atoms with Crippen LogP contribution in [0.3, 0.4) is 0 Å². The summed E-state index contributed by atoms with van der Waals surface area (Å²) in [4.78, 5) is 55.3. The van der Waals surface area contributed by atoms with E-state index in [0.717, 1.165) is 72.5 Å². The Morgan fingerprint density at radius 1 is 0.688 bits per heavy atom. The molecule has 342 valence electrons. The lowest BCUT2D eigenvalue weighted by Gasteiger charge is -2.57. The molecule has 4 bridgehead atoms. The van der Waals surface area contributed by atoms with Crippen LogP contribution in [-0.4, -0.2) is 132 Å². The number of amides is 4. The normalized spacial score (nSPS) is 31.9. The second-order valence-electron chi connectivity index (χ2n) is 19.3. The number of nitrogens with zero attached hydrogens (tertiary/aromatic N) is 2. The second-order valence-corrected chi connectivity index (χ2v) is 22.0. The lowest BCUT2D eigenvalue weighted by atomic mass is 9.52. The average Bonchev–Trinajstić information content (AvgIpc) is 3.80. The molecule has 6 N–H and O–H groups in total. The van der Waals surface area contributed by atoms with E-state index in [2.05, 4.69) is 69.5 Å². The number of phenolic OH excluding ortho intramolecular Hbond substituents is 2. The standard InChI is InChI=1S/C48H60N6O8S2/c1-25(55)51-33-9-7-31-35-23-29-27(21-37(57)43-41(29)47(31,45(33)61-43)13-17-53(35)3)5-11-39(59)49-15-19-63-64-20-16-50-40(60)12-6-28-22-38(58)44-42-30(28)24-36-32-8-10-34(52-26(2)56)46(62-44)48(32,42)14-18-54(36)4/h7-10,21-22,31-36,45-46,57-58H,5-6,11-20,23-24H2,1-4H3,(H,49,59)(H,50,60)(H,51,55)(H,52,56)/t31?,32?,33-,34+,35+,36-,45-,46+,47-,48+. The minimum absolute atomic E-state index is 0.0349. The number of nitrogens with one attached hydrogen (secondary N) is 4. The van der Waals surface area contributed by atoms with Crippen molar-refractivity contribution in [3.8, 4) is 23.0 Å². The largest absolute Gasteiger partial charge is 0.504 e. The molecule has 8 aliphatic rings. The molecule has 0 aromatic heterocycles. The van der Waals surface area contributed by atoms with Crippen molar-refractivity contribution >= 4 is 45.2 Å². The predicted molar refractivity (Wildman–Crippen MR) is 246 cm³/mol. The monoisotopic (exact) mass is 912 g/mol. The Bertz CT molecular complexity index is 2180. The number of hydrogen-bond acceptors (Lipinski definition) is 12. The van der Waals surface area contributed by atoms with Crippen molar-refractivity contribution in [1.29, 1.82) is 0 Å². The molecule has 16 heteroatoms. The van der Waals surface area contributed by atoms with Crippen molar-refractivity contribution in [2.75, 3.05) is 51.8 Å². The van der Waals surface area contributed by atoms with Crippen molar-refractivity contribution in [3.63, 3.8) is 0 Å². The highest BCUT2D eigenvalue weighted by Crippen LogP contribution is 2.64. The molecule has 0 saturated carbocycles. The van der Waals surface area contributed by atoms with Gasteiger partial charge in [0.05, 0.1) is 12.1 Å². The van der Waals surface area contributed by atoms with Crippen LogP contribution in [0.25, 0.3) is 0 Å². The zero-order valence-corrected chi connectivity index (χ0v) is 38.7. The Kier molecular flexibility index (Phi) is 11.4. The molecule has 14 nitrogen and oxygen atoms in total. The first-order valence-corrected chi connectivity index (χ1v) is 25.5. The van der Waals surface area contributed by atoms with Crippen LogP contribution in [0.2, 0.25) is 0 Å². The molecule has 4 amide bonds. The number of phenols is 2. The van der Waals surface area contributed by atoms with Crippen LogP contribution in [0.1, 0.15) is 72.9 Å². The Morgan fingerprint density at radius 2 is 1.11 bits per heavy atom. The minimum atomic E-state index is -0.338. The molecule has 2 aromatic rings. The summed E-state index contributed by atoms with van der Waals surface area (Å²) in [5.41, 5.74) is 5.83. The molecule has 10 rings (SSSR count). The van der Waals surface area contributed by atoms with Crippen LogP contribution >= 0.6 is 21.6 Å². The maximum Gasteiger partial charge on any atom is 0.220 e. The number of carbonyl (C=O) groups is 4. The van der Waals surface area contributed by atoms with Crippen molar-refractivity contribution in [3.05, 3.63) is 69.8 Å². The average molecular weight is 913 g/mol. The first-order chi connectivity index (χ1) is 30.8. The summed E-state index contributed by atoms with van der Waals surface area (Å²) in [5, 5.41) is 34.9. The van der Waals surface area contributed by atoms with E-state index in [9.17, 15) is 29.4 Å². The number of carbonyl (C=O) groups excluding carboxylic acids is 4. The topological polar surface area (TPSA) is 182 Å². The quantitative estimate of drug-likeness (QED) is 0.0875. The van der Waals surface area contributed by atoms with Gasteiger partial charge in [-0.05, 0) is 100 Å². The lowest BCUT2D eigenvalue weighted by molar-refractivity contribution is -0.121. The molecule has 2 aromatic carbocycles. The van der Waals surface area contributed by atoms with Gasteiger partial charge in [-0.2, -0.15) is 0 Å². The summed E-state index contributed by atoms with van der Waals surface area (Å²) >= 11 is 0. The highest BCUT2D eigenvalue weighted by Gasteiger charge is 2.66. The van der Waals surface area contributed by atoms with E-state index in [1.54, 1.807) is 33.7 Å². The van der Waals surface area contributed by atoms with Crippen LogP contribution in [0.5, 0.6) is 23.0 Å². The number of hydrogen-bond donors (Lipinski definition) is 6. The van der Waals surface area contributed by atoms with E-state index in [4.69, 9.17) is 9.47 Å². The maximum absolute atomic E-state index is 13.1. The molecular weight excluding hydrogens is 853 g/mol. The van der Waals surface area contributed by atoms with Crippen molar-refractivity contribution in [2.45, 2.75) is 112 Å². The fraction of sp³-hybridized carbons (Fsp3) is 0.583. The Hall–Kier alpha value is -4.38. The molecule has 4 aliphatic carbocycles. The number of aromatic hydroxyl groups is 2. The summed E-state index contributed by atoms with van der Waals surface area (Å²) in [7, 11) is 7.66. The van der Waals surface area contributed by atoms with Gasteiger partial charge in [-0.1, -0.05) is 45.9 Å². The Morgan fingerprint density at radius 3 is 1.52 bits per heavy atom. The molecule has 64 heavy (non-hydrogen) atoms. The van der Waals surface area contributed by atoms with Gasteiger partial charge in [0.15, 0.2) is 23.0 Å². The van der Waals surface area contributed by atoms with Gasteiger partial charge < -0.3 is 50.8 Å². The van der Waals surface area contributed by atoms with Crippen molar-refractivity contribution in [1.82, 2.24) is 31.1 Å². The summed E-state index contributed by atoms with van der Waals surface area (Å²) in [5.74, 6) is 2.87. The number of piperidine rings is 2. The highest BCUT2D eigenvalue weighted by molar-refractivity contribution is 8.76. The van der Waals surface area contributed by atoms with Gasteiger partial charge >= 0.3 is 0 Å². The van der Waals surface area contributed by atoms with Crippen LogP contribution in [-0.2, 0) is 55.7 Å². The van der Waals surface area contributed by atoms with Crippen molar-refractivity contribution < 1.29 is 38.9 Å². The molecule has 10 atom stereocenters. The van der Waals surface area contributed by atoms with E-state index < -0.39 is 0 Å². The molecule has 0 radical (unpaired) electrons. The third-order valence-electron chi connectivity index (χ3n) is 15.9. The smallest absolute Gasteiger partial charge is 0.220 e. The molecule has 2 unspecified atom stereocenters. The first-order valence-electron chi connectivity index (χ1n) is 23.0. The first kappa shape index (κ1) is 43.5. The van der Waals surface area contributed by atoms with Gasteiger partial charge in [-0.15, -0.1) is 0 Å². The SMILES string of the molecule is CC(=O)N[C@H]1C=CC2[C@H]3Cc4c(CCC(=O)NCCSSCCNC(=O)CCc5cc(O)c6c7c5C[C@H]5C8C=C[C@@H](NC(C)=O)[C@@H](O6)[C@@]78CCN5C)cc(O)c5c4[C@@]2(CCN3C)[C@H]1O5. The third-order valence-corrected chi connectivity index (χ3v) is 18.3. The maximum atomic E-state index is 13.1. The van der Waals surface area contributed by atoms with Crippen LogP contribution in [0, 0.1) is 11.8 Å². The zero-order valence-electron chi connectivity index (χ0n) is 37.0. The number of ether oxygens (including phenoxy) is 2. The number of likely N-dealkylation sites (N-methyl/N-ethyl adjacent to an activating group) is 2. The predicted octanol–water partition coefficient (Wildman–Crippen LogP) is 3.18. The number of aryl methyl sites for hydroxylation is 2. The summed E-state index contributed by atoms with van der Waals surface area (Å²) in [6.45, 7) is 5.91. The van der Waals surface area contributed by atoms with Gasteiger partial charge in [-0.3, -0.25) is 19.2 Å². The van der Waals surface area contributed by atoms with E-state index in [0.29, 0.717) is 50.3 Å². The molecule has 4 aliphatic heterocycles. The zero-order chi connectivity index (χ0) is 44.7. The molecule has 2 saturated heterocycles. The van der Waals surface area contributed by atoms with Gasteiger partial charge in [0, 0.05) is 97.2 Å². The Labute approximate surface area is 382 Å². The second kappa shape index (κ2) is 16.8. The van der Waals surface area contributed by atoms with E-state index in [-0.39, 0.29) is 94.2 Å².